The molecule has 0 aliphatic carbocycles. The Balaban J connectivity index is 2.29. The molecule has 2 aromatic rings. The summed E-state index contributed by atoms with van der Waals surface area (Å²) < 4.78 is 35.1. The maximum Gasteiger partial charge on any atom is 0.329 e. The van der Waals surface area contributed by atoms with Gasteiger partial charge in [0.05, 0.1) is 57.6 Å². The van der Waals surface area contributed by atoms with Crippen LogP contribution in [0.3, 0.4) is 0 Å². The number of ketones is 1. The number of aliphatic carboxylic acids is 4. The number of cyclic esters (lactones) is 1. The lowest BCUT2D eigenvalue weighted by Crippen LogP contribution is -2.62. The molecule has 2 aromatic carbocycles. The number of hydrogen-bond donors (Lipinski definition) is 21. The number of sulfonamides is 1. The van der Waals surface area contributed by atoms with Gasteiger partial charge in [0.15, 0.2) is 5.78 Å². The van der Waals surface area contributed by atoms with Gasteiger partial charge in [-0.1, -0.05) is 94.8 Å². The molecule has 1 heterocycles. The number of carbonyl (C=O) groups excluding carboxylic acids is 15. The van der Waals surface area contributed by atoms with E-state index in [1.54, 1.807) is 30.3 Å². The second-order valence-electron chi connectivity index (χ2n) is 26.5. The molecule has 24 N–H and O–H groups in total. The summed E-state index contributed by atoms with van der Waals surface area (Å²) in [5.74, 6) is -30.1. The molecule has 13 atom stereocenters. The smallest absolute Gasteiger partial charge is 0.329 e. The first-order valence-electron chi connectivity index (χ1n) is 35.8. The highest BCUT2D eigenvalue weighted by Crippen LogP contribution is 2.19. The Morgan fingerprint density at radius 1 is 0.549 bits per heavy atom. The lowest BCUT2D eigenvalue weighted by atomic mass is 9.96. The molecule has 44 heteroatoms. The van der Waals surface area contributed by atoms with Crippen molar-refractivity contribution in [2.24, 2.45) is 17.4 Å². The predicted octanol–water partition coefficient (Wildman–Crippen LogP) is -6.69. The number of Topliss-reactive ketones (excluding diaryl/α,β-unsaturated/α-hetero) is 1. The molecule has 624 valence electrons. The summed E-state index contributed by atoms with van der Waals surface area (Å²) in [7, 11) is -4.26. The van der Waals surface area contributed by atoms with E-state index in [4.69, 9.17) is 21.9 Å². The predicted molar refractivity (Wildman–Crippen MR) is 393 cm³/mol. The molecule has 3 rings (SSSR count). The van der Waals surface area contributed by atoms with Crippen LogP contribution in [0.15, 0.2) is 54.6 Å². The van der Waals surface area contributed by atoms with E-state index in [0.717, 1.165) is 52.9 Å². The molecule has 43 nitrogen and oxygen atoms in total. The van der Waals surface area contributed by atoms with Crippen LogP contribution in [-0.2, 0) is 107 Å². The van der Waals surface area contributed by atoms with Crippen LogP contribution in [0.5, 0.6) is 0 Å². The third-order valence-electron chi connectivity index (χ3n) is 17.0. The summed E-state index contributed by atoms with van der Waals surface area (Å²) in [6, 6.07) is -10.0. The third kappa shape index (κ3) is 35.0. The van der Waals surface area contributed by atoms with Crippen LogP contribution < -0.4 is 85.7 Å². The number of rotatable bonds is 36. The van der Waals surface area contributed by atoms with Crippen LogP contribution in [0.4, 0.5) is 5.69 Å². The molecule has 0 saturated carbocycles. The number of nitrogen functional groups attached to an aromatic ring is 1. The van der Waals surface area contributed by atoms with Gasteiger partial charge in [-0.05, 0) is 69.7 Å². The number of aliphatic hydroxyl groups is 1. The third-order valence-corrected chi connectivity index (χ3v) is 18.5. The number of nitrogens with one attached hydrogen (secondary N) is 13. The number of para-hydroxylation sites is 1. The fraction of sp³-hybridized carbons (Fsp3) is 0.551. The van der Waals surface area contributed by atoms with Gasteiger partial charge < -0.3 is 111 Å². The number of esters is 1. The highest BCUT2D eigenvalue weighted by atomic mass is 32.2. The SMILES string of the molecule is CCCCCCCCCS(=O)(=O)N[C@@H](Cc1ccccc1)C(=O)N[C@@H](CC(N)=O)C(=O)N[C@@H](CC(=O)O)C(=O)NC1C(=O)NCC(=O)NC(CCCN)C(=O)NC(CC(=O)O)C(=O)NC(C)C(=O)NC(CC(=O)O)C(=O)NCC(=O)NC(CO)C(=O)NC(C(C)CC(=O)O)C(=O)NC(CC(=O)c2ccccc2N)C(=O)OC1C. The maximum atomic E-state index is 14.8. The number of hydrogen-bond acceptors (Lipinski definition) is 25. The largest absolute Gasteiger partial charge is 0.481 e. The molecule has 10 unspecified atom stereocenters. The number of aliphatic hydroxyl groups excluding tert-OH is 1. The maximum absolute atomic E-state index is 14.8. The highest BCUT2D eigenvalue weighted by Gasteiger charge is 2.41. The number of unbranched alkanes of at least 4 members (excludes halogenated alkanes) is 6. The van der Waals surface area contributed by atoms with Gasteiger partial charge in [0, 0.05) is 17.7 Å². The monoisotopic (exact) mass is 1620 g/mol. The average Bonchev–Trinajstić information content (AvgIpc) is 0.842. The fourth-order valence-electron chi connectivity index (χ4n) is 11.1. The lowest BCUT2D eigenvalue weighted by molar-refractivity contribution is -0.156. The molecule has 13 amide bonds. The van der Waals surface area contributed by atoms with Crippen molar-refractivity contribution in [1.82, 2.24) is 68.5 Å². The second-order valence-corrected chi connectivity index (χ2v) is 28.4. The number of benzene rings is 2. The van der Waals surface area contributed by atoms with Gasteiger partial charge in [-0.2, -0.15) is 0 Å². The fourth-order valence-corrected chi connectivity index (χ4v) is 12.4. The van der Waals surface area contributed by atoms with Crippen molar-refractivity contribution in [1.29, 1.82) is 0 Å². The van der Waals surface area contributed by atoms with Crippen molar-refractivity contribution in [2.45, 2.75) is 203 Å². The highest BCUT2D eigenvalue weighted by molar-refractivity contribution is 7.89. The number of anilines is 1. The molecular weight excluding hydrogens is 1520 g/mol. The van der Waals surface area contributed by atoms with Crippen LogP contribution in [0.25, 0.3) is 0 Å². The molecule has 0 aromatic heterocycles. The molecule has 1 fully saturated rings. The van der Waals surface area contributed by atoms with Gasteiger partial charge in [0.2, 0.25) is 86.8 Å². The Morgan fingerprint density at radius 2 is 1.06 bits per heavy atom. The van der Waals surface area contributed by atoms with Crippen LogP contribution in [0.1, 0.15) is 140 Å². The minimum Gasteiger partial charge on any atom is -0.481 e. The number of primary amides is 1. The van der Waals surface area contributed by atoms with Crippen LogP contribution in [0.2, 0.25) is 0 Å². The first-order valence-corrected chi connectivity index (χ1v) is 37.5. The molecule has 1 aliphatic rings. The standard InChI is InChI=1S/C69H100N16O27S/c1-5-6-7-8-9-10-16-24-113(110,111)85-46(26-38-18-12-11-13-19-38)65(105)79-42(28-50(72)88)63(103)81-45(31-56(97)98)64(104)84-58-37(4)112-69(109)47(27-49(87)39-20-14-15-21-40(39)71)82-68(108)57(35(2)25-53(91)92)83-66(106)48(34-86)77-52(90)32-73-60(100)43(29-54(93)94)78-59(99)36(3)75-62(102)44(30-55(95)96)80-61(101)41(22-17-23-70)76-51(89)33-74-67(58)107/h11-15,18-21,35-37,41-48,57-58,85-86H,5-10,16-17,22-34,70-71H2,1-4H3,(H2,72,88)(H,73,100)(H,74,107)(H,75,102)(H,76,89)(H,77,90)(H,78,99)(H,79,105)(H,80,101)(H,81,103)(H,82,108)(H,83,106)(H,84,104)(H,91,92)(H,93,94)(H,95,96)(H,97,98)/t35?,36?,37?,41?,42-,43?,44?,45-,46-,47?,48?,57?,58?/m0/s1. The molecule has 0 bridgehead atoms. The average molecular weight is 1620 g/mol. The van der Waals surface area contributed by atoms with Crippen molar-refractivity contribution < 1.29 is 130 Å². The quantitative estimate of drug-likeness (QED) is 0.0130. The van der Waals surface area contributed by atoms with Gasteiger partial charge in [-0.25, -0.2) is 17.9 Å². The van der Waals surface area contributed by atoms with Crippen LogP contribution >= 0.6 is 0 Å². The van der Waals surface area contributed by atoms with E-state index in [1.807, 2.05) is 28.2 Å². The molecule has 0 spiro atoms. The van der Waals surface area contributed by atoms with Gasteiger partial charge in [0.1, 0.15) is 72.6 Å². The van der Waals surface area contributed by atoms with E-state index in [9.17, 15) is 125 Å². The summed E-state index contributed by atoms with van der Waals surface area (Å²) in [5.41, 5.74) is 17.2. The van der Waals surface area contributed by atoms with Gasteiger partial charge in [-0.3, -0.25) is 86.3 Å². The number of nitrogens with two attached hydrogens (primary N) is 3. The normalized spacial score (nSPS) is 21.5. The van der Waals surface area contributed by atoms with E-state index < -0.39 is 271 Å². The Bertz CT molecular complexity index is 3870. The van der Waals surface area contributed by atoms with E-state index in [1.165, 1.54) is 24.3 Å². The minimum atomic E-state index is -4.26. The number of carboxylic acid groups (broad SMARTS) is 4. The Kier molecular flexibility index (Phi) is 40.6. The summed E-state index contributed by atoms with van der Waals surface area (Å²) in [6.45, 7) is 1.01. The molecule has 0 radical (unpaired) electrons. The van der Waals surface area contributed by atoms with Crippen molar-refractivity contribution in [2.75, 3.05) is 37.7 Å². The van der Waals surface area contributed by atoms with Gasteiger partial charge in [0.25, 0.3) is 0 Å². The van der Waals surface area contributed by atoms with Gasteiger partial charge >= 0.3 is 29.8 Å². The Hall–Kier alpha value is -11.8. The number of amides is 13. The number of carboxylic acids is 4. The zero-order valence-corrected chi connectivity index (χ0v) is 63.2. The van der Waals surface area contributed by atoms with Crippen molar-refractivity contribution in [3.8, 4) is 0 Å². The van der Waals surface area contributed by atoms with Crippen molar-refractivity contribution >= 4 is 128 Å². The lowest BCUT2D eigenvalue weighted by Gasteiger charge is -2.30. The van der Waals surface area contributed by atoms with Crippen molar-refractivity contribution in [3.05, 3.63) is 65.7 Å². The minimum absolute atomic E-state index is 0.102. The van der Waals surface area contributed by atoms with Crippen LogP contribution in [-0.4, -0.2) is 251 Å². The van der Waals surface area contributed by atoms with Crippen LogP contribution in [0, 0.1) is 5.92 Å². The summed E-state index contributed by atoms with van der Waals surface area (Å²) in [6.07, 6.45) is -4.95. The molecule has 113 heavy (non-hydrogen) atoms. The van der Waals surface area contributed by atoms with Gasteiger partial charge in [-0.15, -0.1) is 0 Å². The van der Waals surface area contributed by atoms with E-state index in [0.29, 0.717) is 12.0 Å². The summed E-state index contributed by atoms with van der Waals surface area (Å²) in [5, 5.41) is 74.9. The Morgan fingerprint density at radius 3 is 1.63 bits per heavy atom. The zero-order valence-electron chi connectivity index (χ0n) is 62.4. The first-order chi connectivity index (χ1) is 53.2. The van der Waals surface area contributed by atoms with Crippen molar-refractivity contribution in [3.63, 3.8) is 0 Å². The molecular formula is C69H100N16O27S. The summed E-state index contributed by atoms with van der Waals surface area (Å²) >= 11 is 0. The molecule has 1 aliphatic heterocycles. The molecule has 1 saturated heterocycles. The number of ether oxygens (including phenoxy) is 1. The van der Waals surface area contributed by atoms with E-state index in [2.05, 4.69) is 47.3 Å². The first kappa shape index (κ1) is 95.4. The van der Waals surface area contributed by atoms with E-state index in [-0.39, 0.29) is 37.1 Å². The van der Waals surface area contributed by atoms with E-state index >= 15 is 0 Å². The summed E-state index contributed by atoms with van der Waals surface area (Å²) in [4.78, 5) is 259. The second kappa shape index (κ2) is 48.1. The number of carbonyl (C=O) groups is 19. The zero-order chi connectivity index (χ0) is 84.8. The topological polar surface area (TPSA) is 703 Å². The Labute approximate surface area is 647 Å².